The molecule has 9 rings (SSSR count). The Kier molecular flexibility index (Phi) is 41.5. The molecule has 0 aliphatic heterocycles. The number of ether oxygens (including phenoxy) is 9. The van der Waals surface area contributed by atoms with E-state index in [0.717, 1.165) is 145 Å². The maximum absolute atomic E-state index is 13.2. The summed E-state index contributed by atoms with van der Waals surface area (Å²) in [7, 11) is 0. The van der Waals surface area contributed by atoms with E-state index in [1.165, 1.54) is 120 Å². The normalized spacial score (nSPS) is 11.1. The van der Waals surface area contributed by atoms with Crippen molar-refractivity contribution in [3.05, 3.63) is 234 Å². The third-order valence-corrected chi connectivity index (χ3v) is 20.2. The highest BCUT2D eigenvalue weighted by atomic mass is 16.6. The van der Waals surface area contributed by atoms with Gasteiger partial charge >= 0.3 is 35.8 Å². The van der Waals surface area contributed by atoms with Crippen LogP contribution < -0.4 is 33.2 Å². The summed E-state index contributed by atoms with van der Waals surface area (Å²) < 4.78 is 53.0. The van der Waals surface area contributed by atoms with Gasteiger partial charge in [-0.25, -0.2) is 19.2 Å². The lowest BCUT2D eigenvalue weighted by molar-refractivity contribution is -0.145. The van der Waals surface area contributed by atoms with Crippen LogP contribution in [0.4, 0.5) is 11.4 Å². The lowest BCUT2D eigenvalue weighted by atomic mass is 10.1. The first kappa shape index (κ1) is 91.1. The van der Waals surface area contributed by atoms with E-state index in [4.69, 9.17) is 47.9 Å². The zero-order valence-electron chi connectivity index (χ0n) is 69.1. The van der Waals surface area contributed by atoms with Gasteiger partial charge < -0.3 is 42.6 Å². The molecule has 21 heteroatoms. The Morgan fingerprint density at radius 1 is 0.345 bits per heavy atom. The molecule has 21 nitrogen and oxygen atoms in total. The molecule has 0 fully saturated rings. The summed E-state index contributed by atoms with van der Waals surface area (Å²) in [6.07, 6.45) is 38.4. The van der Waals surface area contributed by atoms with Gasteiger partial charge in [-0.2, -0.15) is 15.5 Å². The molecule has 628 valence electrons. The molecule has 0 radical (unpaired) electrons. The second kappa shape index (κ2) is 54.3. The van der Waals surface area contributed by atoms with Gasteiger partial charge in [0.05, 0.1) is 77.9 Å². The number of benzene rings is 8. The van der Waals surface area contributed by atoms with E-state index in [0.29, 0.717) is 96.9 Å². The molecule has 1 heterocycles. The zero-order chi connectivity index (χ0) is 83.4. The van der Waals surface area contributed by atoms with Gasteiger partial charge in [0, 0.05) is 19.4 Å². The van der Waals surface area contributed by atoms with Crippen LogP contribution in [0, 0.1) is 11.3 Å². The summed E-state index contributed by atoms with van der Waals surface area (Å²) in [5.74, 6) is 0.723. The summed E-state index contributed by atoms with van der Waals surface area (Å²) in [5, 5.41) is 25.8. The van der Waals surface area contributed by atoms with Crippen LogP contribution in [-0.4, -0.2) is 77.2 Å². The number of azo groups is 1. The molecule has 0 bridgehead atoms. The number of hydrogen-bond donors (Lipinski definition) is 0. The van der Waals surface area contributed by atoms with Gasteiger partial charge in [0.15, 0.2) is 0 Å². The zero-order valence-corrected chi connectivity index (χ0v) is 69.1. The van der Waals surface area contributed by atoms with Crippen LogP contribution in [-0.2, 0) is 32.2 Å². The average Bonchev–Trinajstić information content (AvgIpc) is 1.04. The number of carbonyl (C=O) groups is 6. The standard InChI is InChI=1S/C98H116N6O15/c1-2-3-4-5-6-7-8-9-12-17-23-30-68-111-86-57-45-79(46-58-86)96(108)118-91-63-49-81(50-64-91)98(110)119-92-36-34-35-82(72-92)77-41-59-89(60-42-77)116-97(109)80-47-61-90(62-48-80)117-95(107)78-43-55-87(56-44-78)112-69-31-24-18-14-11-16-21-28-38-94(106)115-75-85-74-104(103-102-85)67-29-22-26-33-71-114-93(105)37-27-20-15-10-13-19-25-32-70-113-88-65-53-84(54-66-88)101-100-83-51-39-76(73-99)40-52-83/h34-36,39-66,72,74H,2-33,37-38,67-71,75H2,1H3. The molecule has 0 atom stereocenters. The van der Waals surface area contributed by atoms with Crippen molar-refractivity contribution in [2.75, 3.05) is 26.4 Å². The number of unbranched alkanes of at least 4 members (excludes halogenated alkanes) is 28. The Bertz CT molecular complexity index is 4520. The molecular weight excluding hydrogens is 1500 g/mol. The second-order valence-corrected chi connectivity index (χ2v) is 29.9. The number of esters is 6. The van der Waals surface area contributed by atoms with Crippen molar-refractivity contribution in [1.82, 2.24) is 15.0 Å². The van der Waals surface area contributed by atoms with E-state index in [1.807, 2.05) is 36.5 Å². The highest BCUT2D eigenvalue weighted by Crippen LogP contribution is 2.30. The molecule has 0 N–H and O–H groups in total. The number of aromatic nitrogens is 3. The smallest absolute Gasteiger partial charge is 0.343 e. The topological polar surface area (TPSA) is 265 Å². The monoisotopic (exact) mass is 1620 g/mol. The lowest BCUT2D eigenvalue weighted by Gasteiger charge is -2.10. The van der Waals surface area contributed by atoms with Crippen molar-refractivity contribution in [3.63, 3.8) is 0 Å². The van der Waals surface area contributed by atoms with Crippen LogP contribution >= 0.6 is 0 Å². The average molecular weight is 1620 g/mol. The van der Waals surface area contributed by atoms with Gasteiger partial charge in [-0.15, -0.1) is 5.10 Å². The minimum absolute atomic E-state index is 0.107. The maximum Gasteiger partial charge on any atom is 0.343 e. The van der Waals surface area contributed by atoms with Crippen molar-refractivity contribution in [1.29, 1.82) is 5.26 Å². The fraction of sp³-hybridized carbons (Fsp3) is 0.418. The molecule has 0 aliphatic carbocycles. The maximum atomic E-state index is 13.2. The third kappa shape index (κ3) is 36.3. The molecule has 9 aromatic rings. The van der Waals surface area contributed by atoms with Gasteiger partial charge in [0.2, 0.25) is 0 Å². The fourth-order valence-corrected chi connectivity index (χ4v) is 13.2. The third-order valence-electron chi connectivity index (χ3n) is 20.2. The van der Waals surface area contributed by atoms with Crippen molar-refractivity contribution in [3.8, 4) is 57.4 Å². The Labute approximate surface area is 701 Å². The van der Waals surface area contributed by atoms with E-state index in [9.17, 15) is 28.8 Å². The fourth-order valence-electron chi connectivity index (χ4n) is 13.2. The van der Waals surface area contributed by atoms with Crippen molar-refractivity contribution < 1.29 is 71.4 Å². The Morgan fingerprint density at radius 3 is 1.11 bits per heavy atom. The van der Waals surface area contributed by atoms with E-state index in [-0.39, 0.29) is 41.2 Å². The Hall–Kier alpha value is -11.8. The summed E-state index contributed by atoms with van der Waals surface area (Å²) >= 11 is 0. The predicted octanol–water partition coefficient (Wildman–Crippen LogP) is 24.5. The van der Waals surface area contributed by atoms with Gasteiger partial charge in [-0.1, -0.05) is 191 Å². The molecule has 0 aliphatic rings. The summed E-state index contributed by atoms with van der Waals surface area (Å²) in [5.41, 5.74) is 5.43. The number of aryl methyl sites for hydroxylation is 1. The van der Waals surface area contributed by atoms with Gasteiger partial charge in [-0.3, -0.25) is 14.3 Å². The first-order chi connectivity index (χ1) is 58.4. The van der Waals surface area contributed by atoms with E-state index < -0.39 is 23.9 Å². The van der Waals surface area contributed by atoms with E-state index in [1.54, 1.807) is 132 Å². The number of hydrogen-bond acceptors (Lipinski definition) is 20. The molecule has 0 saturated carbocycles. The molecule has 0 saturated heterocycles. The van der Waals surface area contributed by atoms with Crippen molar-refractivity contribution in [2.24, 2.45) is 10.2 Å². The van der Waals surface area contributed by atoms with Crippen LogP contribution in [0.2, 0.25) is 0 Å². The van der Waals surface area contributed by atoms with E-state index in [2.05, 4.69) is 33.5 Å². The van der Waals surface area contributed by atoms with Crippen LogP contribution in [0.3, 0.4) is 0 Å². The van der Waals surface area contributed by atoms with Crippen LogP contribution in [0.25, 0.3) is 11.1 Å². The SMILES string of the molecule is CCCCCCCCCCCCCCOc1ccc(C(=O)Oc2ccc(C(=O)Oc3cccc(-c4ccc(OC(=O)c5ccc(OC(=O)c6ccc(OCCCCCCCCCCC(=O)OCc7cn(CCCCCCOC(=O)CCCCCCCCCCOc8ccc(N=Nc9ccc(C#N)cc9)cc8)nn7)cc6)cc5)cc4)c3)cc2)cc1. The van der Waals surface area contributed by atoms with Gasteiger partial charge in [0.1, 0.15) is 52.5 Å². The van der Waals surface area contributed by atoms with Crippen LogP contribution in [0.15, 0.2) is 211 Å². The highest BCUT2D eigenvalue weighted by molar-refractivity contribution is 5.94. The molecular formula is C98H116N6O15. The number of nitriles is 1. The van der Waals surface area contributed by atoms with Gasteiger partial charge in [0.25, 0.3) is 0 Å². The Morgan fingerprint density at radius 2 is 0.689 bits per heavy atom. The molecule has 119 heavy (non-hydrogen) atoms. The summed E-state index contributed by atoms with van der Waals surface area (Å²) in [6.45, 7) is 5.39. The quantitative estimate of drug-likeness (QED) is 0.0148. The second-order valence-electron chi connectivity index (χ2n) is 29.9. The van der Waals surface area contributed by atoms with Crippen molar-refractivity contribution in [2.45, 2.75) is 238 Å². The minimum atomic E-state index is -0.598. The molecule has 0 unspecified atom stereocenters. The first-order valence-electron chi connectivity index (χ1n) is 43.0. The molecule has 0 spiro atoms. The minimum Gasteiger partial charge on any atom is -0.494 e. The number of nitrogens with zero attached hydrogens (tertiary/aromatic N) is 6. The summed E-state index contributed by atoms with van der Waals surface area (Å²) in [6, 6.07) is 56.5. The largest absolute Gasteiger partial charge is 0.494 e. The molecule has 8 aromatic carbocycles. The van der Waals surface area contributed by atoms with Crippen LogP contribution in [0.5, 0.6) is 40.2 Å². The Balaban J connectivity index is 0.522. The molecule has 1 aromatic heterocycles. The lowest BCUT2D eigenvalue weighted by Crippen LogP contribution is -2.10. The van der Waals surface area contributed by atoms with Crippen LogP contribution in [0.1, 0.15) is 278 Å². The highest BCUT2D eigenvalue weighted by Gasteiger charge is 2.17. The van der Waals surface area contributed by atoms with E-state index >= 15 is 0 Å². The molecule has 0 amide bonds. The van der Waals surface area contributed by atoms with Crippen molar-refractivity contribution >= 4 is 47.2 Å². The predicted molar refractivity (Wildman–Crippen MR) is 459 cm³/mol. The first-order valence-corrected chi connectivity index (χ1v) is 43.0. The number of rotatable bonds is 58. The van der Waals surface area contributed by atoms with Gasteiger partial charge in [-0.05, 0) is 232 Å². The number of carbonyl (C=O) groups excluding carboxylic acids is 6. The summed E-state index contributed by atoms with van der Waals surface area (Å²) in [4.78, 5) is 77.0.